The molecule has 0 aromatic rings. The summed E-state index contributed by atoms with van der Waals surface area (Å²) in [6.45, 7) is 6.76. The summed E-state index contributed by atoms with van der Waals surface area (Å²) in [5.41, 5.74) is 0. The van der Waals surface area contributed by atoms with Crippen molar-refractivity contribution in [2.24, 2.45) is 0 Å². The van der Waals surface area contributed by atoms with E-state index in [0.29, 0.717) is 18.2 Å². The van der Waals surface area contributed by atoms with E-state index in [4.69, 9.17) is 11.6 Å². The monoisotopic (exact) mass is 268 g/mol. The van der Waals surface area contributed by atoms with Gasteiger partial charge in [-0.1, -0.05) is 13.3 Å². The lowest BCUT2D eigenvalue weighted by atomic mass is 10.2. The molecular formula is C11H22Cl2N2O. The molecule has 1 aliphatic heterocycles. The lowest BCUT2D eigenvalue weighted by Crippen LogP contribution is -2.49. The van der Waals surface area contributed by atoms with Crippen LogP contribution in [0.3, 0.4) is 0 Å². The lowest BCUT2D eigenvalue weighted by Gasteiger charge is -2.34. The quantitative estimate of drug-likeness (QED) is 0.712. The van der Waals surface area contributed by atoms with Crippen molar-refractivity contribution in [3.63, 3.8) is 0 Å². The van der Waals surface area contributed by atoms with Crippen LogP contribution in [0.5, 0.6) is 0 Å². The van der Waals surface area contributed by atoms with E-state index in [2.05, 4.69) is 11.8 Å². The molecule has 5 heteroatoms. The Morgan fingerprint density at radius 3 is 2.38 bits per heavy atom. The molecule has 0 aliphatic carbocycles. The van der Waals surface area contributed by atoms with Gasteiger partial charge in [-0.05, 0) is 6.42 Å². The highest BCUT2D eigenvalue weighted by molar-refractivity contribution is 6.18. The van der Waals surface area contributed by atoms with Crippen LogP contribution in [0.2, 0.25) is 0 Å². The second-order valence-corrected chi connectivity index (χ2v) is 4.39. The number of amides is 1. The Hall–Kier alpha value is 0.01000. The molecule has 1 amide bonds. The van der Waals surface area contributed by atoms with Crippen LogP contribution >= 0.6 is 24.0 Å². The molecule has 0 aromatic heterocycles. The lowest BCUT2D eigenvalue weighted by molar-refractivity contribution is -0.133. The van der Waals surface area contributed by atoms with Gasteiger partial charge in [0.15, 0.2) is 0 Å². The number of hydrogen-bond acceptors (Lipinski definition) is 2. The highest BCUT2D eigenvalue weighted by Crippen LogP contribution is 2.06. The van der Waals surface area contributed by atoms with E-state index in [1.807, 2.05) is 4.90 Å². The van der Waals surface area contributed by atoms with Gasteiger partial charge in [-0.2, -0.15) is 0 Å². The first-order valence-corrected chi connectivity index (χ1v) is 6.37. The molecule has 1 saturated heterocycles. The highest BCUT2D eigenvalue weighted by Gasteiger charge is 2.19. The molecule has 1 heterocycles. The van der Waals surface area contributed by atoms with Gasteiger partial charge in [0, 0.05) is 45.0 Å². The van der Waals surface area contributed by atoms with E-state index in [9.17, 15) is 4.79 Å². The number of halogens is 2. The van der Waals surface area contributed by atoms with Gasteiger partial charge >= 0.3 is 0 Å². The fourth-order valence-electron chi connectivity index (χ4n) is 1.83. The Labute approximate surface area is 110 Å². The van der Waals surface area contributed by atoms with Gasteiger partial charge in [0.1, 0.15) is 0 Å². The van der Waals surface area contributed by atoms with E-state index >= 15 is 0 Å². The van der Waals surface area contributed by atoms with Gasteiger partial charge < -0.3 is 4.90 Å². The maximum atomic E-state index is 11.7. The molecule has 1 rings (SSSR count). The average Bonchev–Trinajstić information content (AvgIpc) is 2.27. The molecule has 0 aromatic carbocycles. The van der Waals surface area contributed by atoms with Crippen LogP contribution in [0, 0.1) is 0 Å². The molecule has 0 radical (unpaired) electrons. The zero-order valence-electron chi connectivity index (χ0n) is 9.95. The van der Waals surface area contributed by atoms with Gasteiger partial charge in [0.25, 0.3) is 0 Å². The fourth-order valence-corrected chi connectivity index (χ4v) is 2.07. The Balaban J connectivity index is 0.00000225. The number of nitrogens with zero attached hydrogens (tertiary/aromatic N) is 2. The minimum absolute atomic E-state index is 0. The molecule has 0 spiro atoms. The molecule has 1 fully saturated rings. The zero-order valence-corrected chi connectivity index (χ0v) is 11.5. The van der Waals surface area contributed by atoms with Crippen molar-refractivity contribution < 1.29 is 4.79 Å². The second-order valence-electron chi connectivity index (χ2n) is 4.01. The zero-order chi connectivity index (χ0) is 11.1. The summed E-state index contributed by atoms with van der Waals surface area (Å²) in [5, 5.41) is 0. The summed E-state index contributed by atoms with van der Waals surface area (Å²) in [6, 6.07) is 0. The van der Waals surface area contributed by atoms with Gasteiger partial charge in [0.05, 0.1) is 0 Å². The summed E-state index contributed by atoms with van der Waals surface area (Å²) in [5.74, 6) is 1.01. The average molecular weight is 269 g/mol. The van der Waals surface area contributed by atoms with E-state index in [0.717, 1.165) is 45.6 Å². The Bertz CT molecular complexity index is 194. The molecule has 0 saturated carbocycles. The predicted octanol–water partition coefficient (Wildman–Crippen LogP) is 1.98. The van der Waals surface area contributed by atoms with Crippen LogP contribution in [-0.2, 0) is 4.79 Å². The van der Waals surface area contributed by atoms with Crippen molar-refractivity contribution in [1.29, 1.82) is 0 Å². The van der Waals surface area contributed by atoms with Gasteiger partial charge in [0.2, 0.25) is 5.91 Å². The minimum atomic E-state index is 0. The molecule has 0 atom stereocenters. The molecular weight excluding hydrogens is 247 g/mol. The first kappa shape index (κ1) is 16.0. The van der Waals surface area contributed by atoms with Crippen LogP contribution in [0.15, 0.2) is 0 Å². The molecule has 0 bridgehead atoms. The number of unbranched alkanes of at least 4 members (excludes halogenated alkanes) is 1. The number of rotatable bonds is 5. The van der Waals surface area contributed by atoms with E-state index in [-0.39, 0.29) is 12.4 Å². The smallest absolute Gasteiger partial charge is 0.222 e. The first-order chi connectivity index (χ1) is 7.27. The predicted molar refractivity (Wildman–Crippen MR) is 70.5 cm³/mol. The Morgan fingerprint density at radius 1 is 1.25 bits per heavy atom. The van der Waals surface area contributed by atoms with E-state index in [1.165, 1.54) is 0 Å². The largest absolute Gasteiger partial charge is 0.340 e. The molecule has 0 unspecified atom stereocenters. The second kappa shape index (κ2) is 9.08. The molecule has 3 nitrogen and oxygen atoms in total. The molecule has 96 valence electrons. The summed E-state index contributed by atoms with van der Waals surface area (Å²) in [6.07, 6.45) is 2.82. The van der Waals surface area contributed by atoms with E-state index in [1.54, 1.807) is 0 Å². The Kier molecular flexibility index (Phi) is 9.09. The van der Waals surface area contributed by atoms with Crippen molar-refractivity contribution in [3.8, 4) is 0 Å². The summed E-state index contributed by atoms with van der Waals surface area (Å²) < 4.78 is 0. The third kappa shape index (κ3) is 5.37. The standard InChI is InChI=1S/C11H21ClN2O.ClH/c1-2-3-4-11(15)14-9-7-13(6-5-12)8-10-14;/h2-10H2,1H3;1H. The molecule has 0 N–H and O–H groups in total. The van der Waals surface area contributed by atoms with Crippen LogP contribution in [0.25, 0.3) is 0 Å². The summed E-state index contributed by atoms with van der Waals surface area (Å²) in [7, 11) is 0. The summed E-state index contributed by atoms with van der Waals surface area (Å²) >= 11 is 5.68. The van der Waals surface area contributed by atoms with E-state index < -0.39 is 0 Å². The van der Waals surface area contributed by atoms with Gasteiger partial charge in [-0.3, -0.25) is 9.69 Å². The summed E-state index contributed by atoms with van der Waals surface area (Å²) in [4.78, 5) is 16.0. The molecule has 16 heavy (non-hydrogen) atoms. The van der Waals surface area contributed by atoms with Crippen LogP contribution in [0.1, 0.15) is 26.2 Å². The highest BCUT2D eigenvalue weighted by atomic mass is 35.5. The minimum Gasteiger partial charge on any atom is -0.340 e. The number of alkyl halides is 1. The first-order valence-electron chi connectivity index (χ1n) is 5.84. The third-order valence-corrected chi connectivity index (χ3v) is 3.04. The van der Waals surface area contributed by atoms with Crippen molar-refractivity contribution in [3.05, 3.63) is 0 Å². The number of carbonyl (C=O) groups is 1. The third-order valence-electron chi connectivity index (χ3n) is 2.87. The van der Waals surface area contributed by atoms with Crippen LogP contribution < -0.4 is 0 Å². The van der Waals surface area contributed by atoms with Crippen molar-refractivity contribution in [2.75, 3.05) is 38.6 Å². The van der Waals surface area contributed by atoms with Crippen molar-refractivity contribution >= 4 is 29.9 Å². The fraction of sp³-hybridized carbons (Fsp3) is 0.909. The number of piperazine rings is 1. The van der Waals surface area contributed by atoms with Crippen molar-refractivity contribution in [1.82, 2.24) is 9.80 Å². The van der Waals surface area contributed by atoms with Gasteiger partial charge in [-0.15, -0.1) is 24.0 Å². The van der Waals surface area contributed by atoms with Crippen LogP contribution in [0.4, 0.5) is 0 Å². The van der Waals surface area contributed by atoms with Crippen molar-refractivity contribution in [2.45, 2.75) is 26.2 Å². The normalized spacial score (nSPS) is 17.0. The number of carbonyl (C=O) groups excluding carboxylic acids is 1. The maximum absolute atomic E-state index is 11.7. The topological polar surface area (TPSA) is 23.6 Å². The SMILES string of the molecule is CCCCC(=O)N1CCN(CCCl)CC1.Cl. The maximum Gasteiger partial charge on any atom is 0.222 e. The Morgan fingerprint density at radius 2 is 1.88 bits per heavy atom. The molecule has 1 aliphatic rings. The van der Waals surface area contributed by atoms with Crippen LogP contribution in [-0.4, -0.2) is 54.3 Å². The van der Waals surface area contributed by atoms with Gasteiger partial charge in [-0.25, -0.2) is 0 Å². The number of hydrogen-bond donors (Lipinski definition) is 0.